The molecule has 3 aromatic carbocycles. The Balaban J connectivity index is 1.67. The number of aromatic carboxylic acids is 1. The zero-order chi connectivity index (χ0) is 27.7. The second-order valence-corrected chi connectivity index (χ2v) is 12.0. The maximum Gasteiger partial charge on any atom is 0.335 e. The average Bonchev–Trinajstić information content (AvgIpc) is 2.88. The van der Waals surface area contributed by atoms with Gasteiger partial charge in [-0.15, -0.1) is 0 Å². The third-order valence-corrected chi connectivity index (χ3v) is 8.01. The van der Waals surface area contributed by atoms with Gasteiger partial charge in [0.15, 0.2) is 5.78 Å². The van der Waals surface area contributed by atoms with Gasteiger partial charge in [-0.3, -0.25) is 4.79 Å². The van der Waals surface area contributed by atoms with Crippen molar-refractivity contribution in [1.29, 1.82) is 0 Å². The summed E-state index contributed by atoms with van der Waals surface area (Å²) in [7, 11) is 4.10. The highest BCUT2D eigenvalue weighted by Crippen LogP contribution is 2.48. The molecule has 0 aromatic heterocycles. The molecule has 0 fully saturated rings. The Labute approximate surface area is 227 Å². The number of carbonyl (C=O) groups excluding carboxylic acids is 1. The first-order valence-corrected chi connectivity index (χ1v) is 13.4. The van der Waals surface area contributed by atoms with E-state index in [-0.39, 0.29) is 22.2 Å². The summed E-state index contributed by atoms with van der Waals surface area (Å²) < 4.78 is 0. The van der Waals surface area contributed by atoms with Gasteiger partial charge in [-0.1, -0.05) is 58.0 Å². The molecule has 0 saturated heterocycles. The highest BCUT2D eigenvalue weighted by Gasteiger charge is 2.39. The average molecular weight is 510 g/mol. The number of allylic oxidation sites excluding steroid dienone is 1. The second kappa shape index (κ2) is 10.6. The van der Waals surface area contributed by atoms with Crippen LogP contribution in [0.5, 0.6) is 0 Å². The molecule has 0 saturated carbocycles. The van der Waals surface area contributed by atoms with E-state index in [0.29, 0.717) is 5.56 Å². The predicted molar refractivity (Wildman–Crippen MR) is 157 cm³/mol. The maximum absolute atomic E-state index is 13.4. The molecule has 0 amide bonds. The largest absolute Gasteiger partial charge is 0.478 e. The van der Waals surface area contributed by atoms with Crippen LogP contribution in [0.3, 0.4) is 0 Å². The van der Waals surface area contributed by atoms with E-state index in [1.54, 1.807) is 36.4 Å². The van der Waals surface area contributed by atoms with E-state index < -0.39 is 5.97 Å². The van der Waals surface area contributed by atoms with Crippen LogP contribution in [-0.4, -0.2) is 31.0 Å². The summed E-state index contributed by atoms with van der Waals surface area (Å²) in [6.45, 7) is 9.25. The molecule has 0 heterocycles. The van der Waals surface area contributed by atoms with E-state index in [2.05, 4.69) is 69.0 Å². The lowest BCUT2D eigenvalue weighted by Crippen LogP contribution is -2.35. The van der Waals surface area contributed by atoms with Gasteiger partial charge < -0.3 is 10.0 Å². The number of carboxylic acids is 1. The fourth-order valence-corrected chi connectivity index (χ4v) is 5.50. The van der Waals surface area contributed by atoms with Gasteiger partial charge in [0.1, 0.15) is 0 Å². The molecular weight excluding hydrogens is 470 g/mol. The number of hydrogen-bond acceptors (Lipinski definition) is 3. The number of nitrogens with zero attached hydrogens (tertiary/aromatic N) is 1. The van der Waals surface area contributed by atoms with Crippen molar-refractivity contribution in [2.75, 3.05) is 19.0 Å². The van der Waals surface area contributed by atoms with E-state index in [9.17, 15) is 9.59 Å². The van der Waals surface area contributed by atoms with Crippen molar-refractivity contribution in [1.82, 2.24) is 0 Å². The Morgan fingerprint density at radius 1 is 0.842 bits per heavy atom. The number of carboxylic acid groups (broad SMARTS) is 1. The summed E-state index contributed by atoms with van der Waals surface area (Å²) >= 11 is 0. The van der Waals surface area contributed by atoms with Crippen LogP contribution in [0.4, 0.5) is 5.69 Å². The molecule has 1 aliphatic carbocycles. The van der Waals surface area contributed by atoms with E-state index in [1.807, 2.05) is 14.1 Å². The molecule has 1 aliphatic rings. The monoisotopic (exact) mass is 509 g/mol. The normalized spacial score (nSPS) is 15.7. The summed E-state index contributed by atoms with van der Waals surface area (Å²) in [5.41, 5.74) is 8.23. The van der Waals surface area contributed by atoms with Crippen molar-refractivity contribution in [3.63, 3.8) is 0 Å². The molecule has 4 heteroatoms. The second-order valence-electron chi connectivity index (χ2n) is 12.0. The Morgan fingerprint density at radius 3 is 2.08 bits per heavy atom. The predicted octanol–water partition coefficient (Wildman–Crippen LogP) is 7.48. The van der Waals surface area contributed by atoms with Crippen LogP contribution in [0.25, 0.3) is 6.08 Å². The first kappa shape index (κ1) is 27.4. The molecule has 0 unspecified atom stereocenters. The molecule has 198 valence electrons. The van der Waals surface area contributed by atoms with Crippen molar-refractivity contribution < 1.29 is 14.7 Å². The Morgan fingerprint density at radius 2 is 1.47 bits per heavy atom. The highest BCUT2D eigenvalue weighted by molar-refractivity contribution is 6.07. The van der Waals surface area contributed by atoms with Crippen molar-refractivity contribution >= 4 is 23.5 Å². The van der Waals surface area contributed by atoms with Gasteiger partial charge in [-0.05, 0) is 107 Å². The van der Waals surface area contributed by atoms with E-state index in [1.165, 1.54) is 27.9 Å². The summed E-state index contributed by atoms with van der Waals surface area (Å²) in [4.78, 5) is 26.6. The Hall–Kier alpha value is -3.66. The van der Waals surface area contributed by atoms with E-state index >= 15 is 0 Å². The maximum atomic E-state index is 13.4. The van der Waals surface area contributed by atoms with Crippen LogP contribution in [0.15, 0.2) is 66.7 Å². The minimum atomic E-state index is -0.961. The van der Waals surface area contributed by atoms with Crippen LogP contribution in [0.2, 0.25) is 0 Å². The third-order valence-electron chi connectivity index (χ3n) is 8.01. The van der Waals surface area contributed by atoms with Crippen LogP contribution < -0.4 is 4.90 Å². The minimum Gasteiger partial charge on any atom is -0.478 e. The van der Waals surface area contributed by atoms with Crippen molar-refractivity contribution in [2.45, 2.75) is 64.2 Å². The fourth-order valence-electron chi connectivity index (χ4n) is 5.50. The SMILES string of the molecule is CN(C)c1ccc(CCc2cc(C(=O)/C=C/c3ccc(C(=O)O)cc3)cc3c2C(C)(C)CCC3(C)C)cc1. The lowest BCUT2D eigenvalue weighted by Gasteiger charge is -2.43. The van der Waals surface area contributed by atoms with E-state index in [0.717, 1.165) is 31.2 Å². The van der Waals surface area contributed by atoms with Crippen LogP contribution in [0, 0.1) is 0 Å². The molecule has 0 aliphatic heterocycles. The van der Waals surface area contributed by atoms with Gasteiger partial charge >= 0.3 is 5.97 Å². The third kappa shape index (κ3) is 5.91. The van der Waals surface area contributed by atoms with Gasteiger partial charge in [-0.2, -0.15) is 0 Å². The van der Waals surface area contributed by atoms with Crippen LogP contribution in [0.1, 0.15) is 89.1 Å². The number of anilines is 1. The number of hydrogen-bond donors (Lipinski definition) is 1. The fraction of sp³-hybridized carbons (Fsp3) is 0.353. The number of fused-ring (bicyclic) bond motifs is 1. The van der Waals surface area contributed by atoms with Crippen molar-refractivity contribution in [2.24, 2.45) is 0 Å². The topological polar surface area (TPSA) is 57.6 Å². The zero-order valence-electron chi connectivity index (χ0n) is 23.5. The highest BCUT2D eigenvalue weighted by atomic mass is 16.4. The van der Waals surface area contributed by atoms with Gasteiger partial charge in [0, 0.05) is 25.3 Å². The number of ketones is 1. The van der Waals surface area contributed by atoms with Crippen molar-refractivity contribution in [3.8, 4) is 0 Å². The summed E-state index contributed by atoms with van der Waals surface area (Å²) in [6.07, 6.45) is 7.36. The molecule has 4 nitrogen and oxygen atoms in total. The van der Waals surface area contributed by atoms with Gasteiger partial charge in [-0.25, -0.2) is 4.79 Å². The molecule has 0 spiro atoms. The molecule has 4 rings (SSSR count). The Bertz CT molecular complexity index is 1360. The summed E-state index contributed by atoms with van der Waals surface area (Å²) in [5, 5.41) is 9.12. The number of rotatable bonds is 8. The summed E-state index contributed by atoms with van der Waals surface area (Å²) in [6, 6.07) is 19.5. The standard InChI is InChI=1S/C34H39NO3/c1-33(2)19-20-34(3,4)31-26(15-9-24-10-16-28(17-11-24)35(5)6)21-27(22-29(31)33)30(36)18-12-23-7-13-25(14-8-23)32(37)38/h7-8,10-14,16-18,21-22H,9,15,19-20H2,1-6H3,(H,37,38)/b18-12+. The van der Waals surface area contributed by atoms with Gasteiger partial charge in [0.2, 0.25) is 0 Å². The summed E-state index contributed by atoms with van der Waals surface area (Å²) in [5.74, 6) is -0.997. The van der Waals surface area contributed by atoms with E-state index in [4.69, 9.17) is 5.11 Å². The number of benzene rings is 3. The molecular formula is C34H39NO3. The lowest BCUT2D eigenvalue weighted by molar-refractivity contribution is 0.0696. The molecule has 0 bridgehead atoms. The van der Waals surface area contributed by atoms with Crippen LogP contribution in [-0.2, 0) is 23.7 Å². The molecule has 3 aromatic rings. The molecule has 0 atom stereocenters. The number of aryl methyl sites for hydroxylation is 2. The molecule has 0 radical (unpaired) electrons. The molecule has 38 heavy (non-hydrogen) atoms. The first-order valence-electron chi connectivity index (χ1n) is 13.4. The number of carbonyl (C=O) groups is 2. The first-order chi connectivity index (χ1) is 17.9. The smallest absolute Gasteiger partial charge is 0.335 e. The van der Waals surface area contributed by atoms with Gasteiger partial charge in [0.25, 0.3) is 0 Å². The van der Waals surface area contributed by atoms with Gasteiger partial charge in [0.05, 0.1) is 5.56 Å². The van der Waals surface area contributed by atoms with Crippen LogP contribution >= 0.6 is 0 Å². The lowest BCUT2D eigenvalue weighted by atomic mass is 9.61. The van der Waals surface area contributed by atoms with Crippen molar-refractivity contribution in [3.05, 3.63) is 106 Å². The quantitative estimate of drug-likeness (QED) is 0.253. The zero-order valence-corrected chi connectivity index (χ0v) is 23.5. The molecule has 1 N–H and O–H groups in total. The minimum absolute atomic E-state index is 0.000367. The Kier molecular flexibility index (Phi) is 7.64.